The molecule has 0 bridgehead atoms. The number of aryl methyl sites for hydroxylation is 1. The van der Waals surface area contributed by atoms with Gasteiger partial charge >= 0.3 is 6.18 Å². The molecule has 0 atom stereocenters. The van der Waals surface area contributed by atoms with Gasteiger partial charge in [0.05, 0.1) is 6.61 Å². The van der Waals surface area contributed by atoms with Crippen molar-refractivity contribution in [3.8, 4) is 17.4 Å². The van der Waals surface area contributed by atoms with E-state index in [-0.39, 0.29) is 11.5 Å². The summed E-state index contributed by atoms with van der Waals surface area (Å²) in [6.45, 7) is 5.96. The van der Waals surface area contributed by atoms with E-state index in [0.717, 1.165) is 6.42 Å². The number of ether oxygens (including phenoxy) is 2. The molecule has 0 fully saturated rings. The summed E-state index contributed by atoms with van der Waals surface area (Å²) in [6.07, 6.45) is -3.77. The van der Waals surface area contributed by atoms with Gasteiger partial charge in [-0.05, 0) is 44.5 Å². The third-order valence-corrected chi connectivity index (χ3v) is 3.81. The molecule has 6 nitrogen and oxygen atoms in total. The van der Waals surface area contributed by atoms with E-state index in [2.05, 4.69) is 15.3 Å². The fraction of sp³-hybridized carbons (Fsp3) is 0.353. The quantitative estimate of drug-likeness (QED) is 0.672. The van der Waals surface area contributed by atoms with Crippen LogP contribution in [0.2, 0.25) is 0 Å². The lowest BCUT2D eigenvalue weighted by atomic mass is 10.2. The number of nitrogens with zero attached hydrogens (tertiary/aromatic N) is 4. The number of benzene rings is 1. The molecule has 0 aliphatic carbocycles. The highest BCUT2D eigenvalue weighted by Crippen LogP contribution is 2.32. The van der Waals surface area contributed by atoms with Crippen LogP contribution >= 0.6 is 0 Å². The van der Waals surface area contributed by atoms with Gasteiger partial charge in [0.1, 0.15) is 11.5 Å². The van der Waals surface area contributed by atoms with E-state index in [1.165, 1.54) is 0 Å². The van der Waals surface area contributed by atoms with E-state index in [9.17, 15) is 13.2 Å². The maximum Gasteiger partial charge on any atom is 0.453 e. The zero-order valence-corrected chi connectivity index (χ0v) is 14.5. The Balaban J connectivity index is 1.95. The Morgan fingerprint density at radius 1 is 1.00 bits per heavy atom. The average Bonchev–Trinajstić information content (AvgIpc) is 3.03. The second kappa shape index (κ2) is 6.81. The molecule has 26 heavy (non-hydrogen) atoms. The molecule has 1 aromatic carbocycles. The van der Waals surface area contributed by atoms with Crippen LogP contribution in [0.25, 0.3) is 5.65 Å². The van der Waals surface area contributed by atoms with Gasteiger partial charge in [0.2, 0.25) is 5.88 Å². The molecule has 0 saturated heterocycles. The maximum absolute atomic E-state index is 13.1. The highest BCUT2D eigenvalue weighted by atomic mass is 19.4. The zero-order valence-electron chi connectivity index (χ0n) is 14.5. The van der Waals surface area contributed by atoms with E-state index in [1.807, 2.05) is 6.92 Å². The summed E-state index contributed by atoms with van der Waals surface area (Å²) in [5.41, 5.74) is 1.15. The van der Waals surface area contributed by atoms with Gasteiger partial charge in [-0.1, -0.05) is 6.92 Å². The van der Waals surface area contributed by atoms with Crippen molar-refractivity contribution in [1.29, 1.82) is 0 Å². The summed E-state index contributed by atoms with van der Waals surface area (Å²) in [6, 6.07) is 6.79. The van der Waals surface area contributed by atoms with Crippen LogP contribution < -0.4 is 9.47 Å². The minimum Gasteiger partial charge on any atom is -0.494 e. The lowest BCUT2D eigenvalue weighted by molar-refractivity contribution is -0.146. The van der Waals surface area contributed by atoms with Crippen molar-refractivity contribution in [2.45, 2.75) is 33.4 Å². The first kappa shape index (κ1) is 18.0. The van der Waals surface area contributed by atoms with Crippen LogP contribution in [-0.2, 0) is 6.18 Å². The van der Waals surface area contributed by atoms with E-state index < -0.39 is 12.0 Å². The Hall–Kier alpha value is -2.84. The molecular formula is C17H17F3N4O2. The molecule has 9 heteroatoms. The van der Waals surface area contributed by atoms with Crippen molar-refractivity contribution in [1.82, 2.24) is 19.8 Å². The fourth-order valence-electron chi connectivity index (χ4n) is 2.31. The van der Waals surface area contributed by atoms with Gasteiger partial charge in [-0.3, -0.25) is 0 Å². The fourth-order valence-corrected chi connectivity index (χ4v) is 2.31. The number of rotatable bonds is 5. The number of fused-ring (bicyclic) bond motifs is 1. The number of hydrogen-bond donors (Lipinski definition) is 0. The third kappa shape index (κ3) is 3.42. The second-order valence-electron chi connectivity index (χ2n) is 5.73. The summed E-state index contributed by atoms with van der Waals surface area (Å²) >= 11 is 0. The van der Waals surface area contributed by atoms with Crippen molar-refractivity contribution in [3.05, 3.63) is 41.2 Å². The first-order valence-electron chi connectivity index (χ1n) is 8.01. The molecule has 0 amide bonds. The number of hydrogen-bond acceptors (Lipinski definition) is 5. The standard InChI is InChI=1S/C17H17F3N4O2/c1-4-9-25-12-5-7-13(8-6-12)26-15-11(3)10(2)14-21-22-16(17(18,19)20)24(14)23-15/h5-8H,4,9H2,1-3H3. The Morgan fingerprint density at radius 3 is 2.27 bits per heavy atom. The van der Waals surface area contributed by atoms with Gasteiger partial charge in [0.25, 0.3) is 5.82 Å². The summed E-state index contributed by atoms with van der Waals surface area (Å²) in [7, 11) is 0. The van der Waals surface area contributed by atoms with Crippen molar-refractivity contribution >= 4 is 5.65 Å². The Labute approximate surface area is 147 Å². The average molecular weight is 366 g/mol. The predicted molar refractivity (Wildman–Crippen MR) is 87.6 cm³/mol. The summed E-state index contributed by atoms with van der Waals surface area (Å²) in [5.74, 6) is -0.00944. The van der Waals surface area contributed by atoms with Crippen molar-refractivity contribution < 1.29 is 22.6 Å². The SMILES string of the molecule is CCCOc1ccc(Oc2nn3c(C(F)(F)F)nnc3c(C)c2C)cc1. The molecule has 0 spiro atoms. The largest absolute Gasteiger partial charge is 0.494 e. The molecule has 0 aliphatic heterocycles. The molecule has 3 aromatic rings. The van der Waals surface area contributed by atoms with Gasteiger partial charge in [-0.15, -0.1) is 15.3 Å². The van der Waals surface area contributed by atoms with E-state index >= 15 is 0 Å². The third-order valence-electron chi connectivity index (χ3n) is 3.81. The van der Waals surface area contributed by atoms with E-state index in [1.54, 1.807) is 38.1 Å². The number of halogens is 3. The van der Waals surface area contributed by atoms with Crippen LogP contribution in [0.15, 0.2) is 24.3 Å². The molecule has 2 aromatic heterocycles. The molecule has 0 unspecified atom stereocenters. The number of aromatic nitrogens is 4. The molecule has 0 aliphatic rings. The molecule has 0 radical (unpaired) electrons. The maximum atomic E-state index is 13.1. The summed E-state index contributed by atoms with van der Waals surface area (Å²) < 4.78 is 51.0. The van der Waals surface area contributed by atoms with Crippen LogP contribution in [0, 0.1) is 13.8 Å². The molecule has 0 N–H and O–H groups in total. The minimum absolute atomic E-state index is 0.0467. The van der Waals surface area contributed by atoms with Crippen LogP contribution in [0.5, 0.6) is 17.4 Å². The summed E-state index contributed by atoms with van der Waals surface area (Å²) in [5, 5.41) is 10.7. The van der Waals surface area contributed by atoms with Crippen LogP contribution in [0.1, 0.15) is 30.3 Å². The molecule has 2 heterocycles. The lowest BCUT2D eigenvalue weighted by Gasteiger charge is -2.12. The first-order chi connectivity index (χ1) is 12.3. The molecule has 0 saturated carbocycles. The smallest absolute Gasteiger partial charge is 0.453 e. The monoisotopic (exact) mass is 366 g/mol. The van der Waals surface area contributed by atoms with Crippen LogP contribution in [0.4, 0.5) is 13.2 Å². The topological polar surface area (TPSA) is 61.5 Å². The van der Waals surface area contributed by atoms with E-state index in [4.69, 9.17) is 9.47 Å². The normalized spacial score (nSPS) is 11.8. The highest BCUT2D eigenvalue weighted by Gasteiger charge is 2.38. The van der Waals surface area contributed by atoms with Gasteiger partial charge in [0.15, 0.2) is 5.65 Å². The Kier molecular flexibility index (Phi) is 4.71. The van der Waals surface area contributed by atoms with Gasteiger partial charge < -0.3 is 9.47 Å². The second-order valence-corrected chi connectivity index (χ2v) is 5.73. The van der Waals surface area contributed by atoms with Gasteiger partial charge in [-0.25, -0.2) is 0 Å². The Morgan fingerprint density at radius 2 is 1.65 bits per heavy atom. The van der Waals surface area contributed by atoms with Crippen LogP contribution in [0.3, 0.4) is 0 Å². The lowest BCUT2D eigenvalue weighted by Crippen LogP contribution is -2.13. The van der Waals surface area contributed by atoms with Crippen molar-refractivity contribution in [3.63, 3.8) is 0 Å². The Bertz CT molecular complexity index is 920. The van der Waals surface area contributed by atoms with Crippen molar-refractivity contribution in [2.75, 3.05) is 6.61 Å². The van der Waals surface area contributed by atoms with Gasteiger partial charge in [-0.2, -0.15) is 17.7 Å². The molecule has 3 rings (SSSR count). The summed E-state index contributed by atoms with van der Waals surface area (Å²) in [4.78, 5) is 0. The predicted octanol–water partition coefficient (Wildman–Crippen LogP) is 4.34. The van der Waals surface area contributed by atoms with Crippen molar-refractivity contribution in [2.24, 2.45) is 0 Å². The van der Waals surface area contributed by atoms with Crippen LogP contribution in [-0.4, -0.2) is 26.4 Å². The van der Waals surface area contributed by atoms with Gasteiger partial charge in [0, 0.05) is 11.1 Å². The minimum atomic E-state index is -4.66. The molecule has 138 valence electrons. The molecular weight excluding hydrogens is 349 g/mol. The highest BCUT2D eigenvalue weighted by molar-refractivity contribution is 5.53. The first-order valence-corrected chi connectivity index (χ1v) is 8.01. The van der Waals surface area contributed by atoms with E-state index in [0.29, 0.717) is 33.7 Å². The zero-order chi connectivity index (χ0) is 18.9. The number of alkyl halides is 3.